The second-order valence-electron chi connectivity index (χ2n) is 3.40. The molecule has 0 unspecified atom stereocenters. The quantitative estimate of drug-likeness (QED) is 0.852. The van der Waals surface area contributed by atoms with Crippen LogP contribution in [0.15, 0.2) is 24.5 Å². The van der Waals surface area contributed by atoms with Gasteiger partial charge in [0.05, 0.1) is 18.9 Å². The van der Waals surface area contributed by atoms with E-state index in [1.807, 2.05) is 11.3 Å². The molecule has 0 fully saturated rings. The Morgan fingerprint density at radius 1 is 1.25 bits per heavy atom. The molecular weight excluding hydrogens is 220 g/mol. The Labute approximate surface area is 98.6 Å². The lowest BCUT2D eigenvalue weighted by Crippen LogP contribution is -2.01. The SMILES string of the molecule is CCc1ccc(CNc2cnc(N)cn2)s1. The average Bonchev–Trinajstić information content (AvgIpc) is 2.76. The predicted octanol–water partition coefficient (Wildman–Crippen LogP) is 2.29. The van der Waals surface area contributed by atoms with Gasteiger partial charge < -0.3 is 11.1 Å². The number of hydrogen-bond donors (Lipinski definition) is 2. The third kappa shape index (κ3) is 2.70. The van der Waals surface area contributed by atoms with Gasteiger partial charge in [-0.25, -0.2) is 9.97 Å². The molecule has 0 aliphatic carbocycles. The fourth-order valence-electron chi connectivity index (χ4n) is 1.31. The molecule has 0 atom stereocenters. The van der Waals surface area contributed by atoms with Crippen molar-refractivity contribution in [3.63, 3.8) is 0 Å². The third-order valence-electron chi connectivity index (χ3n) is 2.18. The number of thiophene rings is 1. The molecule has 0 aliphatic heterocycles. The van der Waals surface area contributed by atoms with Crippen molar-refractivity contribution in [3.8, 4) is 0 Å². The van der Waals surface area contributed by atoms with Gasteiger partial charge in [-0.05, 0) is 18.6 Å². The topological polar surface area (TPSA) is 63.8 Å². The molecule has 0 bridgehead atoms. The lowest BCUT2D eigenvalue weighted by Gasteiger charge is -2.02. The predicted molar refractivity (Wildman–Crippen MR) is 67.5 cm³/mol. The van der Waals surface area contributed by atoms with Crippen molar-refractivity contribution in [2.24, 2.45) is 0 Å². The van der Waals surface area contributed by atoms with Gasteiger partial charge in [0.15, 0.2) is 0 Å². The molecule has 0 aliphatic rings. The van der Waals surface area contributed by atoms with Gasteiger partial charge in [0, 0.05) is 9.75 Å². The largest absolute Gasteiger partial charge is 0.382 e. The smallest absolute Gasteiger partial charge is 0.144 e. The van der Waals surface area contributed by atoms with Crippen LogP contribution >= 0.6 is 11.3 Å². The molecule has 3 N–H and O–H groups in total. The second-order valence-corrected chi connectivity index (χ2v) is 4.65. The minimum absolute atomic E-state index is 0.440. The summed E-state index contributed by atoms with van der Waals surface area (Å²) in [6.45, 7) is 2.94. The van der Waals surface area contributed by atoms with E-state index < -0.39 is 0 Å². The first kappa shape index (κ1) is 10.9. The highest BCUT2D eigenvalue weighted by atomic mass is 32.1. The van der Waals surface area contributed by atoms with Gasteiger partial charge in [0.25, 0.3) is 0 Å². The zero-order valence-electron chi connectivity index (χ0n) is 9.10. The van der Waals surface area contributed by atoms with E-state index in [0.29, 0.717) is 5.82 Å². The molecule has 84 valence electrons. The lowest BCUT2D eigenvalue weighted by atomic mass is 10.3. The Balaban J connectivity index is 1.94. The van der Waals surface area contributed by atoms with Crippen molar-refractivity contribution in [2.45, 2.75) is 19.9 Å². The number of nitrogens with zero attached hydrogens (tertiary/aromatic N) is 2. The minimum atomic E-state index is 0.440. The number of nitrogens with one attached hydrogen (secondary N) is 1. The van der Waals surface area contributed by atoms with E-state index in [0.717, 1.165) is 18.8 Å². The number of aryl methyl sites for hydroxylation is 1. The Kier molecular flexibility index (Phi) is 3.36. The first-order valence-corrected chi connectivity index (χ1v) is 5.98. The van der Waals surface area contributed by atoms with Crippen LogP contribution in [0.5, 0.6) is 0 Å². The Bertz CT molecular complexity index is 449. The van der Waals surface area contributed by atoms with Crippen molar-refractivity contribution in [3.05, 3.63) is 34.3 Å². The highest BCUT2D eigenvalue weighted by molar-refractivity contribution is 7.12. The second kappa shape index (κ2) is 4.94. The summed E-state index contributed by atoms with van der Waals surface area (Å²) in [5.41, 5.74) is 5.46. The third-order valence-corrected chi connectivity index (χ3v) is 3.41. The maximum Gasteiger partial charge on any atom is 0.144 e. The molecule has 0 aromatic carbocycles. The standard InChI is InChI=1S/C11H14N4S/c1-2-8-3-4-9(16-8)5-14-11-7-13-10(12)6-15-11/h3-4,6-7H,2,5H2,1H3,(H2,12,13)(H,14,15). The van der Waals surface area contributed by atoms with E-state index in [2.05, 4.69) is 34.3 Å². The van der Waals surface area contributed by atoms with Crippen molar-refractivity contribution < 1.29 is 0 Å². The molecule has 0 radical (unpaired) electrons. The summed E-state index contributed by atoms with van der Waals surface area (Å²) in [6.07, 6.45) is 4.28. The van der Waals surface area contributed by atoms with Crippen LogP contribution in [0, 0.1) is 0 Å². The molecule has 4 nitrogen and oxygen atoms in total. The van der Waals surface area contributed by atoms with E-state index in [-0.39, 0.29) is 0 Å². The zero-order valence-corrected chi connectivity index (χ0v) is 9.92. The number of rotatable bonds is 4. The maximum atomic E-state index is 5.46. The van der Waals surface area contributed by atoms with Crippen LogP contribution in [0.3, 0.4) is 0 Å². The molecule has 16 heavy (non-hydrogen) atoms. The van der Waals surface area contributed by atoms with Gasteiger partial charge >= 0.3 is 0 Å². The van der Waals surface area contributed by atoms with Crippen LogP contribution in [0.2, 0.25) is 0 Å². The zero-order chi connectivity index (χ0) is 11.4. The number of anilines is 2. The fraction of sp³-hybridized carbons (Fsp3) is 0.273. The van der Waals surface area contributed by atoms with Gasteiger partial charge in [-0.3, -0.25) is 0 Å². The summed E-state index contributed by atoms with van der Waals surface area (Å²) in [6, 6.07) is 4.30. The normalized spacial score (nSPS) is 10.3. The van der Waals surface area contributed by atoms with Crippen LogP contribution in [-0.4, -0.2) is 9.97 Å². The molecule has 2 aromatic rings. The Morgan fingerprint density at radius 3 is 2.69 bits per heavy atom. The first-order chi connectivity index (χ1) is 7.78. The van der Waals surface area contributed by atoms with Crippen LogP contribution in [0.4, 0.5) is 11.6 Å². The van der Waals surface area contributed by atoms with E-state index in [1.54, 1.807) is 12.4 Å². The fourth-order valence-corrected chi connectivity index (χ4v) is 2.21. The number of aromatic nitrogens is 2. The summed E-state index contributed by atoms with van der Waals surface area (Å²) >= 11 is 1.82. The molecule has 2 heterocycles. The maximum absolute atomic E-state index is 5.46. The number of nitrogen functional groups attached to an aromatic ring is 1. The summed E-state index contributed by atoms with van der Waals surface area (Å²) in [5.74, 6) is 1.19. The van der Waals surface area contributed by atoms with Crippen LogP contribution in [0.25, 0.3) is 0 Å². The molecule has 5 heteroatoms. The van der Waals surface area contributed by atoms with Crippen LogP contribution < -0.4 is 11.1 Å². The molecule has 2 aromatic heterocycles. The summed E-state index contributed by atoms with van der Waals surface area (Å²) < 4.78 is 0. The Hall–Kier alpha value is -1.62. The monoisotopic (exact) mass is 234 g/mol. The van der Waals surface area contributed by atoms with Crippen molar-refractivity contribution in [1.29, 1.82) is 0 Å². The highest BCUT2D eigenvalue weighted by Crippen LogP contribution is 2.17. The van der Waals surface area contributed by atoms with Crippen molar-refractivity contribution >= 4 is 23.0 Å². The number of hydrogen-bond acceptors (Lipinski definition) is 5. The van der Waals surface area contributed by atoms with Gasteiger partial charge in [-0.1, -0.05) is 6.92 Å². The molecule has 0 saturated carbocycles. The molecular formula is C11H14N4S. The van der Waals surface area contributed by atoms with E-state index in [9.17, 15) is 0 Å². The molecule has 0 amide bonds. The van der Waals surface area contributed by atoms with E-state index >= 15 is 0 Å². The van der Waals surface area contributed by atoms with Gasteiger partial charge in [0.1, 0.15) is 11.6 Å². The average molecular weight is 234 g/mol. The van der Waals surface area contributed by atoms with E-state index in [1.165, 1.54) is 9.75 Å². The van der Waals surface area contributed by atoms with Crippen LogP contribution in [-0.2, 0) is 13.0 Å². The molecule has 0 spiro atoms. The Morgan fingerprint density at radius 2 is 2.06 bits per heavy atom. The van der Waals surface area contributed by atoms with Crippen molar-refractivity contribution in [1.82, 2.24) is 9.97 Å². The van der Waals surface area contributed by atoms with Gasteiger partial charge in [-0.15, -0.1) is 11.3 Å². The summed E-state index contributed by atoms with van der Waals surface area (Å²) in [5, 5.41) is 3.21. The lowest BCUT2D eigenvalue weighted by molar-refractivity contribution is 1.11. The minimum Gasteiger partial charge on any atom is -0.382 e. The van der Waals surface area contributed by atoms with Gasteiger partial charge in [0.2, 0.25) is 0 Å². The molecule has 2 rings (SSSR count). The summed E-state index contributed by atoms with van der Waals surface area (Å²) in [4.78, 5) is 10.8. The molecule has 0 saturated heterocycles. The van der Waals surface area contributed by atoms with Crippen molar-refractivity contribution in [2.75, 3.05) is 11.1 Å². The van der Waals surface area contributed by atoms with E-state index in [4.69, 9.17) is 5.73 Å². The first-order valence-electron chi connectivity index (χ1n) is 5.17. The van der Waals surface area contributed by atoms with Gasteiger partial charge in [-0.2, -0.15) is 0 Å². The van der Waals surface area contributed by atoms with Crippen LogP contribution in [0.1, 0.15) is 16.7 Å². The number of nitrogens with two attached hydrogens (primary N) is 1. The highest BCUT2D eigenvalue weighted by Gasteiger charge is 1.99. The summed E-state index contributed by atoms with van der Waals surface area (Å²) in [7, 11) is 0.